The number of hydrogen-bond donors (Lipinski definition) is 2. The first kappa shape index (κ1) is 20.0. The fourth-order valence-electron chi connectivity index (χ4n) is 2.16. The summed E-state index contributed by atoms with van der Waals surface area (Å²) in [6.07, 6.45) is 2.43. The van der Waals surface area contributed by atoms with Gasteiger partial charge in [0.05, 0.1) is 6.54 Å². The average Bonchev–Trinajstić information content (AvgIpc) is 3.08. The Hall–Kier alpha value is -2.35. The monoisotopic (exact) mass is 385 g/mol. The number of ether oxygens (including phenoxy) is 1. The van der Waals surface area contributed by atoms with Gasteiger partial charge in [0.15, 0.2) is 5.96 Å². The smallest absolute Gasteiger partial charge is 0.319 e. The maximum Gasteiger partial charge on any atom is 0.319 e. The van der Waals surface area contributed by atoms with Crippen LogP contribution in [0.4, 0.5) is 8.78 Å². The molecular weight excluding hydrogens is 364 g/mol. The molecule has 1 unspecified atom stereocenters. The molecule has 0 amide bonds. The standard InChI is InChI=1S/C17H22ClF2N5O/c1-3-21-17(24-11-15-22-8-9-25(15)16(19)20)23-10-12(2)26-14-6-4-13(18)5-7-14/h4-9,12,16H,3,10-11H2,1-2H3,(H2,21,23,24). The number of nitrogens with zero attached hydrogens (tertiary/aromatic N) is 3. The Labute approximate surface area is 156 Å². The van der Waals surface area contributed by atoms with E-state index in [2.05, 4.69) is 20.6 Å². The zero-order chi connectivity index (χ0) is 18.9. The number of aromatic nitrogens is 2. The molecule has 0 aliphatic heterocycles. The molecule has 142 valence electrons. The van der Waals surface area contributed by atoms with Crippen LogP contribution in [0.1, 0.15) is 26.2 Å². The number of guanidine groups is 1. The molecule has 0 radical (unpaired) electrons. The highest BCUT2D eigenvalue weighted by Gasteiger charge is 2.11. The Morgan fingerprint density at radius 1 is 1.31 bits per heavy atom. The van der Waals surface area contributed by atoms with Crippen molar-refractivity contribution >= 4 is 17.6 Å². The zero-order valence-electron chi connectivity index (χ0n) is 14.6. The van der Waals surface area contributed by atoms with Crippen LogP contribution in [0, 0.1) is 0 Å². The second-order valence-corrected chi connectivity index (χ2v) is 5.92. The van der Waals surface area contributed by atoms with Crippen LogP contribution in [0.3, 0.4) is 0 Å². The largest absolute Gasteiger partial charge is 0.489 e. The van der Waals surface area contributed by atoms with Crippen molar-refractivity contribution < 1.29 is 13.5 Å². The molecule has 26 heavy (non-hydrogen) atoms. The van der Waals surface area contributed by atoms with E-state index in [1.54, 1.807) is 24.3 Å². The minimum Gasteiger partial charge on any atom is -0.489 e. The Kier molecular flexibility index (Phi) is 7.65. The molecule has 1 aromatic heterocycles. The maximum atomic E-state index is 12.8. The lowest BCUT2D eigenvalue weighted by Gasteiger charge is -2.17. The fourth-order valence-corrected chi connectivity index (χ4v) is 2.29. The molecule has 0 spiro atoms. The first-order valence-corrected chi connectivity index (χ1v) is 8.61. The maximum absolute atomic E-state index is 12.8. The van der Waals surface area contributed by atoms with Gasteiger partial charge >= 0.3 is 6.55 Å². The van der Waals surface area contributed by atoms with Crippen LogP contribution in [0.2, 0.25) is 5.02 Å². The van der Waals surface area contributed by atoms with Crippen molar-refractivity contribution in [2.24, 2.45) is 4.99 Å². The average molecular weight is 386 g/mol. The molecule has 0 aliphatic carbocycles. The topological polar surface area (TPSA) is 63.5 Å². The van der Waals surface area contributed by atoms with E-state index in [9.17, 15) is 8.78 Å². The summed E-state index contributed by atoms with van der Waals surface area (Å²) < 4.78 is 32.2. The van der Waals surface area contributed by atoms with Gasteiger partial charge in [0, 0.05) is 24.0 Å². The summed E-state index contributed by atoms with van der Waals surface area (Å²) >= 11 is 5.85. The molecular formula is C17H22ClF2N5O. The first-order valence-electron chi connectivity index (χ1n) is 8.23. The van der Waals surface area contributed by atoms with E-state index >= 15 is 0 Å². The second-order valence-electron chi connectivity index (χ2n) is 5.49. The van der Waals surface area contributed by atoms with Gasteiger partial charge in [-0.3, -0.25) is 4.57 Å². The predicted molar refractivity (Wildman–Crippen MR) is 97.8 cm³/mol. The third-order valence-corrected chi connectivity index (χ3v) is 3.64. The summed E-state index contributed by atoms with van der Waals surface area (Å²) in [7, 11) is 0. The Bertz CT molecular complexity index is 705. The van der Waals surface area contributed by atoms with Crippen LogP contribution in [0.15, 0.2) is 41.7 Å². The van der Waals surface area contributed by atoms with Gasteiger partial charge in [-0.25, -0.2) is 9.98 Å². The van der Waals surface area contributed by atoms with E-state index in [0.717, 1.165) is 4.57 Å². The van der Waals surface area contributed by atoms with Crippen LogP contribution in [0.5, 0.6) is 5.75 Å². The van der Waals surface area contributed by atoms with Crippen molar-refractivity contribution in [2.45, 2.75) is 33.0 Å². The fraction of sp³-hybridized carbons (Fsp3) is 0.412. The van der Waals surface area contributed by atoms with Gasteiger partial charge in [0.25, 0.3) is 0 Å². The number of benzene rings is 1. The van der Waals surface area contributed by atoms with E-state index in [-0.39, 0.29) is 18.5 Å². The number of alkyl halides is 2. The highest BCUT2D eigenvalue weighted by molar-refractivity contribution is 6.30. The van der Waals surface area contributed by atoms with E-state index in [1.807, 2.05) is 13.8 Å². The van der Waals surface area contributed by atoms with Gasteiger partial charge in [0.2, 0.25) is 0 Å². The molecule has 0 saturated heterocycles. The van der Waals surface area contributed by atoms with Crippen LogP contribution < -0.4 is 15.4 Å². The van der Waals surface area contributed by atoms with Gasteiger partial charge < -0.3 is 15.4 Å². The van der Waals surface area contributed by atoms with Gasteiger partial charge in [-0.05, 0) is 38.1 Å². The predicted octanol–water partition coefficient (Wildman–Crippen LogP) is 3.45. The van der Waals surface area contributed by atoms with Crippen LogP contribution in [0.25, 0.3) is 0 Å². The molecule has 2 N–H and O–H groups in total. The molecule has 0 fully saturated rings. The quantitative estimate of drug-likeness (QED) is 0.539. The Morgan fingerprint density at radius 3 is 2.69 bits per heavy atom. The molecule has 2 aromatic rings. The van der Waals surface area contributed by atoms with Gasteiger partial charge in [0.1, 0.15) is 24.2 Å². The summed E-state index contributed by atoms with van der Waals surface area (Å²) in [6.45, 7) is 2.36. The first-order chi connectivity index (χ1) is 12.5. The summed E-state index contributed by atoms with van der Waals surface area (Å²) in [4.78, 5) is 8.21. The Balaban J connectivity index is 1.90. The number of nitrogens with one attached hydrogen (secondary N) is 2. The third-order valence-electron chi connectivity index (χ3n) is 3.39. The van der Waals surface area contributed by atoms with E-state index in [0.29, 0.717) is 29.8 Å². The Morgan fingerprint density at radius 2 is 2.04 bits per heavy atom. The SMILES string of the molecule is CCNC(=NCc1nccn1C(F)F)NCC(C)Oc1ccc(Cl)cc1. The summed E-state index contributed by atoms with van der Waals surface area (Å²) in [5, 5.41) is 6.83. The number of rotatable bonds is 8. The lowest BCUT2D eigenvalue weighted by Crippen LogP contribution is -2.41. The second kappa shape index (κ2) is 9.96. The highest BCUT2D eigenvalue weighted by Crippen LogP contribution is 2.16. The van der Waals surface area contributed by atoms with Crippen molar-refractivity contribution in [1.29, 1.82) is 0 Å². The molecule has 0 aliphatic rings. The molecule has 0 bridgehead atoms. The summed E-state index contributed by atoms with van der Waals surface area (Å²) in [5.74, 6) is 1.41. The van der Waals surface area contributed by atoms with Crippen molar-refractivity contribution in [3.63, 3.8) is 0 Å². The molecule has 1 heterocycles. The number of halogens is 3. The lowest BCUT2D eigenvalue weighted by atomic mass is 10.3. The van der Waals surface area contributed by atoms with E-state index in [4.69, 9.17) is 16.3 Å². The third kappa shape index (κ3) is 6.18. The number of hydrogen-bond acceptors (Lipinski definition) is 3. The summed E-state index contributed by atoms with van der Waals surface area (Å²) in [6, 6.07) is 7.10. The zero-order valence-corrected chi connectivity index (χ0v) is 15.4. The van der Waals surface area contributed by atoms with Crippen molar-refractivity contribution in [3.05, 3.63) is 47.5 Å². The minimum atomic E-state index is -2.63. The lowest BCUT2D eigenvalue weighted by molar-refractivity contribution is 0.0671. The van der Waals surface area contributed by atoms with Gasteiger partial charge in [-0.1, -0.05) is 11.6 Å². The molecule has 0 saturated carbocycles. The number of imidazole rings is 1. The molecule has 6 nitrogen and oxygen atoms in total. The molecule has 2 rings (SSSR count). The summed E-state index contributed by atoms with van der Waals surface area (Å²) in [5.41, 5.74) is 0. The molecule has 1 atom stereocenters. The van der Waals surface area contributed by atoms with Crippen LogP contribution in [-0.2, 0) is 6.54 Å². The van der Waals surface area contributed by atoms with Crippen molar-refractivity contribution in [3.8, 4) is 5.75 Å². The van der Waals surface area contributed by atoms with E-state index < -0.39 is 6.55 Å². The van der Waals surface area contributed by atoms with Crippen molar-refractivity contribution in [2.75, 3.05) is 13.1 Å². The number of aliphatic imine (C=N–C) groups is 1. The normalized spacial score (nSPS) is 12.9. The van der Waals surface area contributed by atoms with E-state index in [1.165, 1.54) is 12.4 Å². The van der Waals surface area contributed by atoms with Crippen molar-refractivity contribution in [1.82, 2.24) is 20.2 Å². The highest BCUT2D eigenvalue weighted by atomic mass is 35.5. The van der Waals surface area contributed by atoms with Gasteiger partial charge in [-0.2, -0.15) is 8.78 Å². The van der Waals surface area contributed by atoms with Crippen LogP contribution in [-0.4, -0.2) is 34.7 Å². The molecule has 1 aromatic carbocycles. The van der Waals surface area contributed by atoms with Gasteiger partial charge in [-0.15, -0.1) is 0 Å². The molecule has 9 heteroatoms. The minimum absolute atomic E-state index is 0.0408. The van der Waals surface area contributed by atoms with Crippen LogP contribution >= 0.6 is 11.6 Å².